The van der Waals surface area contributed by atoms with Crippen molar-refractivity contribution in [2.75, 3.05) is 50.8 Å². The molecule has 2 aliphatic rings. The van der Waals surface area contributed by atoms with E-state index in [-0.39, 0.29) is 5.60 Å². The Labute approximate surface area is 193 Å². The summed E-state index contributed by atoms with van der Waals surface area (Å²) in [5.74, 6) is 1.47. The topological polar surface area (TPSA) is 86.0 Å². The maximum atomic E-state index is 5.74. The van der Waals surface area contributed by atoms with Gasteiger partial charge in [0, 0.05) is 31.8 Å². The molecular weight excluding hydrogens is 420 g/mol. The quantitative estimate of drug-likeness (QED) is 0.416. The Bertz CT molecular complexity index is 1160. The first-order valence-electron chi connectivity index (χ1n) is 11.3. The molecule has 1 saturated heterocycles. The zero-order chi connectivity index (χ0) is 22.8. The fourth-order valence-corrected chi connectivity index (χ4v) is 4.17. The predicted molar refractivity (Wildman–Crippen MR) is 128 cm³/mol. The van der Waals surface area contributed by atoms with Crippen molar-refractivity contribution in [1.29, 1.82) is 0 Å². The van der Waals surface area contributed by atoms with Gasteiger partial charge in [-0.2, -0.15) is 5.10 Å². The van der Waals surface area contributed by atoms with Crippen LogP contribution in [0.4, 0.5) is 11.5 Å². The number of pyridine rings is 1. The first-order valence-corrected chi connectivity index (χ1v) is 11.3. The van der Waals surface area contributed by atoms with E-state index in [9.17, 15) is 0 Å². The van der Waals surface area contributed by atoms with Crippen LogP contribution in [0.1, 0.15) is 25.3 Å². The second-order valence-electron chi connectivity index (χ2n) is 8.60. The van der Waals surface area contributed by atoms with Crippen molar-refractivity contribution in [3.05, 3.63) is 42.2 Å². The van der Waals surface area contributed by atoms with Crippen LogP contribution in [0.15, 0.2) is 41.8 Å². The summed E-state index contributed by atoms with van der Waals surface area (Å²) in [6.45, 7) is 5.74. The molecule has 3 aromatic rings. The van der Waals surface area contributed by atoms with Crippen LogP contribution >= 0.6 is 0 Å². The smallest absolute Gasteiger partial charge is 0.164 e. The van der Waals surface area contributed by atoms with Gasteiger partial charge < -0.3 is 23.7 Å². The molecule has 174 valence electrons. The monoisotopic (exact) mass is 450 g/mol. The number of fused-ring (bicyclic) bond motifs is 1. The predicted octanol–water partition coefficient (Wildman–Crippen LogP) is 3.29. The third-order valence-corrected chi connectivity index (χ3v) is 6.43. The van der Waals surface area contributed by atoms with E-state index < -0.39 is 0 Å². The van der Waals surface area contributed by atoms with Gasteiger partial charge in [-0.15, -0.1) is 0 Å². The van der Waals surface area contributed by atoms with Crippen LogP contribution in [0.2, 0.25) is 0 Å². The van der Waals surface area contributed by atoms with Gasteiger partial charge in [0.25, 0.3) is 0 Å². The van der Waals surface area contributed by atoms with E-state index in [1.54, 1.807) is 14.2 Å². The van der Waals surface area contributed by atoms with Crippen molar-refractivity contribution in [3.8, 4) is 5.75 Å². The molecule has 2 aromatic heterocycles. The number of nitrogens with one attached hydrogen (secondary N) is 1. The average Bonchev–Trinajstić information content (AvgIpc) is 3.54. The van der Waals surface area contributed by atoms with Gasteiger partial charge in [0.15, 0.2) is 11.5 Å². The summed E-state index contributed by atoms with van der Waals surface area (Å²) in [6, 6.07) is 9.87. The number of methoxy groups -OCH3 is 2. The van der Waals surface area contributed by atoms with E-state index in [1.807, 2.05) is 43.6 Å². The normalized spacial score (nSPS) is 17.9. The highest BCUT2D eigenvalue weighted by molar-refractivity contribution is 5.99. The molecule has 0 radical (unpaired) electrons. The molecule has 1 aliphatic carbocycles. The van der Waals surface area contributed by atoms with E-state index in [0.29, 0.717) is 19.0 Å². The number of ether oxygens (including phenoxy) is 3. The van der Waals surface area contributed by atoms with Crippen LogP contribution in [0, 0.1) is 0 Å². The van der Waals surface area contributed by atoms with Crippen molar-refractivity contribution in [2.24, 2.45) is 5.10 Å². The van der Waals surface area contributed by atoms with Crippen LogP contribution < -0.4 is 15.1 Å². The zero-order valence-electron chi connectivity index (χ0n) is 19.4. The SMILES string of the molecule is COc1cccc(/C(C)=N/Nc2cc(N3CCOCC3)c3ncn(CC4(OC)CC4)c3n2)c1. The highest BCUT2D eigenvalue weighted by Gasteiger charge is 2.43. The van der Waals surface area contributed by atoms with Crippen LogP contribution in [0.5, 0.6) is 5.75 Å². The molecule has 0 atom stereocenters. The number of hydrogen-bond donors (Lipinski definition) is 1. The molecule has 0 amide bonds. The van der Waals surface area contributed by atoms with Gasteiger partial charge in [0.1, 0.15) is 11.3 Å². The maximum Gasteiger partial charge on any atom is 0.164 e. The number of anilines is 2. The van der Waals surface area contributed by atoms with Gasteiger partial charge in [0.2, 0.25) is 0 Å². The Hall–Kier alpha value is -3.17. The van der Waals surface area contributed by atoms with E-state index in [4.69, 9.17) is 24.2 Å². The molecule has 1 saturated carbocycles. The van der Waals surface area contributed by atoms with Gasteiger partial charge in [0.05, 0.1) is 50.2 Å². The number of hydrazone groups is 1. The van der Waals surface area contributed by atoms with Gasteiger partial charge in [-0.1, -0.05) is 12.1 Å². The lowest BCUT2D eigenvalue weighted by molar-refractivity contribution is 0.0659. The number of nitrogens with zero attached hydrogens (tertiary/aromatic N) is 5. The van der Waals surface area contributed by atoms with Crippen LogP contribution in [0.25, 0.3) is 11.2 Å². The van der Waals surface area contributed by atoms with Crippen molar-refractivity contribution in [3.63, 3.8) is 0 Å². The number of rotatable bonds is 8. The van der Waals surface area contributed by atoms with Gasteiger partial charge in [-0.3, -0.25) is 5.43 Å². The first kappa shape index (κ1) is 21.7. The second kappa shape index (κ2) is 8.99. The number of morpholine rings is 1. The summed E-state index contributed by atoms with van der Waals surface area (Å²) in [4.78, 5) is 11.9. The Kier molecular flexibility index (Phi) is 5.90. The Morgan fingerprint density at radius 2 is 2.03 bits per heavy atom. The van der Waals surface area contributed by atoms with Gasteiger partial charge in [-0.25, -0.2) is 9.97 Å². The lowest BCUT2D eigenvalue weighted by Gasteiger charge is -2.29. The van der Waals surface area contributed by atoms with Crippen LogP contribution in [-0.4, -0.2) is 66.4 Å². The van der Waals surface area contributed by atoms with Crippen molar-refractivity contribution < 1.29 is 14.2 Å². The highest BCUT2D eigenvalue weighted by atomic mass is 16.5. The largest absolute Gasteiger partial charge is 0.497 e. The minimum absolute atomic E-state index is 0.0982. The number of imidazole rings is 1. The fraction of sp³-hybridized carbons (Fsp3) is 0.458. The molecule has 0 spiro atoms. The van der Waals surface area contributed by atoms with E-state index in [2.05, 4.69) is 20.0 Å². The molecule has 0 bridgehead atoms. The highest BCUT2D eigenvalue weighted by Crippen LogP contribution is 2.41. The average molecular weight is 451 g/mol. The van der Waals surface area contributed by atoms with Crippen molar-refractivity contribution in [1.82, 2.24) is 14.5 Å². The summed E-state index contributed by atoms with van der Waals surface area (Å²) in [5, 5.41) is 4.60. The minimum atomic E-state index is -0.0982. The Morgan fingerprint density at radius 1 is 1.21 bits per heavy atom. The summed E-state index contributed by atoms with van der Waals surface area (Å²) >= 11 is 0. The minimum Gasteiger partial charge on any atom is -0.497 e. The third kappa shape index (κ3) is 4.51. The summed E-state index contributed by atoms with van der Waals surface area (Å²) in [7, 11) is 3.44. The standard InChI is InChI=1S/C24H30N6O3/c1-17(18-5-4-6-19(13-18)31-2)27-28-21-14-20(29-9-11-33-12-10-29)22-23(26-21)30(16-25-22)15-24(32-3)7-8-24/h4-6,13-14,16H,7-12,15H2,1-3H3,(H,26,28)/b27-17+. The van der Waals surface area contributed by atoms with Crippen LogP contribution in [-0.2, 0) is 16.0 Å². The fourth-order valence-electron chi connectivity index (χ4n) is 4.17. The molecule has 2 fully saturated rings. The van der Waals surface area contributed by atoms with Crippen molar-refractivity contribution >= 4 is 28.4 Å². The van der Waals surface area contributed by atoms with E-state index in [1.165, 1.54) is 0 Å². The van der Waals surface area contributed by atoms with E-state index >= 15 is 0 Å². The summed E-state index contributed by atoms with van der Waals surface area (Å²) < 4.78 is 18.7. The van der Waals surface area contributed by atoms with Gasteiger partial charge in [-0.05, 0) is 31.9 Å². The number of aromatic nitrogens is 3. The van der Waals surface area contributed by atoms with E-state index in [0.717, 1.165) is 66.4 Å². The second-order valence-corrected chi connectivity index (χ2v) is 8.60. The number of hydrogen-bond acceptors (Lipinski definition) is 8. The third-order valence-electron chi connectivity index (χ3n) is 6.43. The first-order chi connectivity index (χ1) is 16.1. The van der Waals surface area contributed by atoms with Gasteiger partial charge >= 0.3 is 0 Å². The molecule has 1 aromatic carbocycles. The molecule has 1 aliphatic heterocycles. The van der Waals surface area contributed by atoms with Crippen molar-refractivity contribution in [2.45, 2.75) is 31.9 Å². The molecular formula is C24H30N6O3. The molecule has 0 unspecified atom stereocenters. The molecule has 3 heterocycles. The molecule has 9 heteroatoms. The molecule has 9 nitrogen and oxygen atoms in total. The number of benzene rings is 1. The molecule has 33 heavy (non-hydrogen) atoms. The Morgan fingerprint density at radius 3 is 2.76 bits per heavy atom. The molecule has 1 N–H and O–H groups in total. The summed E-state index contributed by atoms with van der Waals surface area (Å²) in [6.07, 6.45) is 3.98. The summed E-state index contributed by atoms with van der Waals surface area (Å²) in [5.41, 5.74) is 7.66. The van der Waals surface area contributed by atoms with Crippen LogP contribution in [0.3, 0.4) is 0 Å². The molecule has 5 rings (SSSR count). The Balaban J connectivity index is 1.49. The lowest BCUT2D eigenvalue weighted by atomic mass is 10.1. The lowest BCUT2D eigenvalue weighted by Crippen LogP contribution is -2.36. The zero-order valence-corrected chi connectivity index (χ0v) is 19.4. The maximum absolute atomic E-state index is 5.74.